The van der Waals surface area contributed by atoms with Gasteiger partial charge in [-0.3, -0.25) is 4.84 Å². The second kappa shape index (κ2) is 11.9. The molecule has 9 heteroatoms. The van der Waals surface area contributed by atoms with Crippen molar-refractivity contribution in [3.63, 3.8) is 0 Å². The predicted molar refractivity (Wildman–Crippen MR) is 74.5 cm³/mol. The van der Waals surface area contributed by atoms with Crippen LogP contribution in [-0.2, 0) is 4.79 Å². The normalized spacial score (nSPS) is 10.4. The highest BCUT2D eigenvalue weighted by atomic mass is 31.1. The first-order valence-corrected chi connectivity index (χ1v) is 7.84. The lowest BCUT2D eigenvalue weighted by atomic mass is 10.3. The molecular weight excluding hydrogens is 279 g/mol. The van der Waals surface area contributed by atoms with Crippen LogP contribution in [0.4, 0.5) is 0 Å². The average molecular weight is 297 g/mol. The summed E-state index contributed by atoms with van der Waals surface area (Å²) in [6.45, 7) is 5.98. The van der Waals surface area contributed by atoms with Crippen molar-refractivity contribution in [2.45, 2.75) is 26.2 Å². The van der Waals surface area contributed by atoms with Gasteiger partial charge in [0.05, 0.1) is 6.61 Å². The molecule has 0 aliphatic rings. The quantitative estimate of drug-likeness (QED) is 0.625. The fourth-order valence-corrected chi connectivity index (χ4v) is 3.80. The molecule has 0 fully saturated rings. The van der Waals surface area contributed by atoms with Crippen LogP contribution in [0, 0.1) is 0 Å². The van der Waals surface area contributed by atoms with Crippen LogP contribution in [0.5, 0.6) is 0 Å². The molecule has 0 saturated heterocycles. The molecule has 1 aromatic rings. The van der Waals surface area contributed by atoms with Crippen molar-refractivity contribution in [2.75, 3.05) is 6.61 Å². The molecule has 1 aromatic heterocycles. The van der Waals surface area contributed by atoms with E-state index in [-0.39, 0.29) is 0 Å². The van der Waals surface area contributed by atoms with Gasteiger partial charge in [0.1, 0.15) is 0 Å². The maximum absolute atomic E-state index is 9.25. The number of H-pyrrole nitrogens is 1. The number of nitrogens with zero attached hydrogens (tertiary/aromatic N) is 2. The molecule has 0 aliphatic carbocycles. The molecule has 98 valence electrons. The maximum atomic E-state index is 9.25. The summed E-state index contributed by atoms with van der Waals surface area (Å²) in [5, 5.41) is 7.60. The number of carbonyl (C=O) groups is 1. The summed E-state index contributed by atoms with van der Waals surface area (Å²) in [6.07, 6.45) is 4.48. The SMILES string of the molecule is C=CC(=O)O.CCCCCOn1pn[pH][nH][pH]1. The van der Waals surface area contributed by atoms with Crippen molar-refractivity contribution in [1.29, 1.82) is 0 Å². The zero-order valence-electron chi connectivity index (χ0n) is 9.72. The average Bonchev–Trinajstić information content (AvgIpc) is 2.37. The van der Waals surface area contributed by atoms with E-state index >= 15 is 0 Å². The molecule has 1 rings (SSSR count). The number of aliphatic carboxylic acids is 1. The zero-order chi connectivity index (χ0) is 12.9. The van der Waals surface area contributed by atoms with Crippen LogP contribution in [0.1, 0.15) is 26.2 Å². The monoisotopic (exact) mass is 297 g/mol. The molecule has 2 unspecified atom stereocenters. The van der Waals surface area contributed by atoms with Gasteiger partial charge in [0.25, 0.3) is 0 Å². The molecule has 0 aromatic carbocycles. The van der Waals surface area contributed by atoms with E-state index in [2.05, 4.69) is 22.5 Å². The van der Waals surface area contributed by atoms with Gasteiger partial charge in [-0.05, 0) is 6.42 Å². The Balaban J connectivity index is 0.000000437. The van der Waals surface area contributed by atoms with Gasteiger partial charge in [-0.15, -0.1) is 0 Å². The fourth-order valence-electron chi connectivity index (χ4n) is 0.744. The van der Waals surface area contributed by atoms with Crippen molar-refractivity contribution in [3.8, 4) is 0 Å². The molecule has 0 radical (unpaired) electrons. The topological polar surface area (TPSA) is 80.1 Å². The van der Waals surface area contributed by atoms with Crippen molar-refractivity contribution >= 4 is 31.5 Å². The van der Waals surface area contributed by atoms with Gasteiger partial charge in [-0.2, -0.15) is 8.76 Å². The van der Waals surface area contributed by atoms with Crippen LogP contribution in [0.15, 0.2) is 12.7 Å². The van der Waals surface area contributed by atoms with Crippen LogP contribution < -0.4 is 4.84 Å². The second-order valence-corrected chi connectivity index (χ2v) is 6.47. The molecule has 17 heavy (non-hydrogen) atoms. The molecule has 0 bridgehead atoms. The van der Waals surface area contributed by atoms with Crippen molar-refractivity contribution in [2.24, 2.45) is 0 Å². The predicted octanol–water partition coefficient (Wildman–Crippen LogP) is 2.85. The van der Waals surface area contributed by atoms with Gasteiger partial charge in [0.2, 0.25) is 0 Å². The van der Waals surface area contributed by atoms with Crippen molar-refractivity contribution < 1.29 is 14.7 Å². The summed E-state index contributed by atoms with van der Waals surface area (Å²) < 4.78 is 9.18. The number of carboxylic acid groups (broad SMARTS) is 1. The Bertz CT molecular complexity index is 326. The summed E-state index contributed by atoms with van der Waals surface area (Å²) in [6, 6.07) is 0. The minimum atomic E-state index is -0.981. The van der Waals surface area contributed by atoms with Crippen molar-refractivity contribution in [1.82, 2.24) is 13.3 Å². The number of aromatic amines is 1. The summed E-state index contributed by atoms with van der Waals surface area (Å²) in [5.74, 6) is -0.981. The van der Waals surface area contributed by atoms with E-state index < -0.39 is 5.97 Å². The highest BCUT2D eigenvalue weighted by molar-refractivity contribution is 7.44. The standard InChI is InChI=1S/C5H14N3OP3.C3H4O2/c1-2-3-4-5-9-8-11-6-10-7-12-8;1-2-3(4)5/h6,10-11H,2-5H2,1H3;2H,1H2,(H,4,5). The Hall–Kier alpha value is -0.530. The van der Waals surface area contributed by atoms with Gasteiger partial charge in [0.15, 0.2) is 8.51 Å². The number of carboxylic acids is 1. The third kappa shape index (κ3) is 11.7. The number of rotatable bonds is 6. The van der Waals surface area contributed by atoms with Crippen LogP contribution in [0.25, 0.3) is 0 Å². The third-order valence-electron chi connectivity index (χ3n) is 1.52. The molecule has 0 amide bonds. The van der Waals surface area contributed by atoms with E-state index in [1.807, 2.05) is 4.26 Å². The summed E-state index contributed by atoms with van der Waals surface area (Å²) in [5.41, 5.74) is 0. The first-order chi connectivity index (χ1) is 8.20. The summed E-state index contributed by atoms with van der Waals surface area (Å²) >= 11 is 0. The highest BCUT2D eigenvalue weighted by Gasteiger charge is 1.88. The van der Waals surface area contributed by atoms with Gasteiger partial charge in [-0.1, -0.05) is 26.3 Å². The minimum Gasteiger partial charge on any atom is -0.478 e. The van der Waals surface area contributed by atoms with E-state index in [9.17, 15) is 4.79 Å². The first kappa shape index (κ1) is 16.5. The number of aromatic nitrogens is 3. The zero-order valence-corrected chi connectivity index (χ0v) is 12.6. The minimum absolute atomic E-state index is 0.546. The van der Waals surface area contributed by atoms with Crippen LogP contribution in [0.2, 0.25) is 0 Å². The largest absolute Gasteiger partial charge is 0.478 e. The lowest BCUT2D eigenvalue weighted by Crippen LogP contribution is -2.07. The molecule has 0 saturated carbocycles. The fraction of sp³-hybridized carbons (Fsp3) is 0.625. The van der Waals surface area contributed by atoms with Crippen molar-refractivity contribution in [3.05, 3.63) is 12.7 Å². The van der Waals surface area contributed by atoms with E-state index in [0.717, 1.165) is 27.6 Å². The highest BCUT2D eigenvalue weighted by Crippen LogP contribution is 2.09. The Morgan fingerprint density at radius 3 is 2.88 bits per heavy atom. The smallest absolute Gasteiger partial charge is 0.327 e. The molecule has 0 aliphatic heterocycles. The molecule has 2 N–H and O–H groups in total. The number of hydrogen-bond acceptors (Lipinski definition) is 3. The number of hydrogen-bond donors (Lipinski definition) is 2. The summed E-state index contributed by atoms with van der Waals surface area (Å²) in [7, 11) is 2.08. The first-order valence-electron chi connectivity index (χ1n) is 5.15. The molecule has 0 spiro atoms. The van der Waals surface area contributed by atoms with Crippen LogP contribution in [0.3, 0.4) is 0 Å². The van der Waals surface area contributed by atoms with E-state index in [0.29, 0.717) is 17.0 Å². The summed E-state index contributed by atoms with van der Waals surface area (Å²) in [4.78, 5) is 14.7. The molecule has 1 heterocycles. The van der Waals surface area contributed by atoms with Crippen LogP contribution in [-0.4, -0.2) is 31.0 Å². The Morgan fingerprint density at radius 2 is 2.41 bits per heavy atom. The van der Waals surface area contributed by atoms with E-state index in [4.69, 9.17) is 9.94 Å². The van der Waals surface area contributed by atoms with Gasteiger partial charge < -0.3 is 9.62 Å². The number of unbranched alkanes of at least 4 members (excludes halogenated alkanes) is 2. The Kier molecular flexibility index (Phi) is 11.6. The van der Waals surface area contributed by atoms with Gasteiger partial charge in [0, 0.05) is 23.1 Å². The lowest BCUT2D eigenvalue weighted by Gasteiger charge is -2.03. The molecular formula is C8H18N3O3P3. The van der Waals surface area contributed by atoms with Gasteiger partial charge in [-0.25, -0.2) is 4.79 Å². The lowest BCUT2D eigenvalue weighted by molar-refractivity contribution is -0.131. The van der Waals surface area contributed by atoms with Crippen LogP contribution >= 0.6 is 25.5 Å². The molecule has 2 atom stereocenters. The third-order valence-corrected chi connectivity index (χ3v) is 4.34. The number of nitrogens with one attached hydrogen (secondary N) is 1. The second-order valence-electron chi connectivity index (χ2n) is 2.89. The Morgan fingerprint density at radius 1 is 1.71 bits per heavy atom. The van der Waals surface area contributed by atoms with E-state index in [1.54, 1.807) is 0 Å². The maximum Gasteiger partial charge on any atom is 0.327 e. The van der Waals surface area contributed by atoms with Gasteiger partial charge >= 0.3 is 5.97 Å². The molecule has 6 nitrogen and oxygen atoms in total. The van der Waals surface area contributed by atoms with E-state index in [1.165, 1.54) is 12.8 Å². The Labute approximate surface area is 105 Å².